The van der Waals surface area contributed by atoms with Crippen molar-refractivity contribution in [3.05, 3.63) is 66.0 Å². The van der Waals surface area contributed by atoms with Crippen molar-refractivity contribution in [2.24, 2.45) is 5.73 Å². The zero-order chi connectivity index (χ0) is 15.1. The van der Waals surface area contributed by atoms with Crippen molar-refractivity contribution >= 4 is 11.8 Å². The van der Waals surface area contributed by atoms with Crippen molar-refractivity contribution in [1.29, 1.82) is 0 Å². The van der Waals surface area contributed by atoms with Crippen LogP contribution < -0.4 is 5.73 Å². The van der Waals surface area contributed by atoms with Gasteiger partial charge < -0.3 is 10.5 Å². The number of ketones is 1. The molecular weight excluding hydrogens is 268 g/mol. The molecule has 1 aromatic heterocycles. The van der Waals surface area contributed by atoms with Crippen molar-refractivity contribution < 1.29 is 14.3 Å². The van der Waals surface area contributed by atoms with Crippen LogP contribution in [0, 0.1) is 0 Å². The van der Waals surface area contributed by atoms with E-state index in [9.17, 15) is 9.59 Å². The minimum atomic E-state index is -0.919. The Morgan fingerprint density at radius 1 is 1.10 bits per heavy atom. The van der Waals surface area contributed by atoms with Gasteiger partial charge in [0, 0.05) is 12.4 Å². The van der Waals surface area contributed by atoms with Crippen LogP contribution in [-0.4, -0.2) is 22.8 Å². The monoisotopic (exact) mass is 284 g/mol. The summed E-state index contributed by atoms with van der Waals surface area (Å²) >= 11 is 0. The van der Waals surface area contributed by atoms with Crippen LogP contribution in [0.1, 0.15) is 11.1 Å². The summed E-state index contributed by atoms with van der Waals surface area (Å²) in [5.74, 6) is -1.63. The molecule has 0 saturated heterocycles. The normalized spacial score (nSPS) is 11.7. The van der Waals surface area contributed by atoms with Crippen LogP contribution in [0.2, 0.25) is 0 Å². The van der Waals surface area contributed by atoms with Gasteiger partial charge in [0.25, 0.3) is 5.78 Å². The van der Waals surface area contributed by atoms with Gasteiger partial charge in [-0.15, -0.1) is 0 Å². The molecule has 1 aromatic carbocycles. The highest BCUT2D eigenvalue weighted by atomic mass is 16.5. The summed E-state index contributed by atoms with van der Waals surface area (Å²) in [5.41, 5.74) is 7.36. The average molecular weight is 284 g/mol. The van der Waals surface area contributed by atoms with Gasteiger partial charge in [0.15, 0.2) is 0 Å². The lowest BCUT2D eigenvalue weighted by molar-refractivity contribution is -0.155. The second-order valence-corrected chi connectivity index (χ2v) is 4.60. The summed E-state index contributed by atoms with van der Waals surface area (Å²) < 4.78 is 4.96. The van der Waals surface area contributed by atoms with Crippen molar-refractivity contribution in [2.75, 3.05) is 0 Å². The van der Waals surface area contributed by atoms with Gasteiger partial charge in [-0.1, -0.05) is 36.4 Å². The Hall–Kier alpha value is -2.53. The number of benzene rings is 1. The van der Waals surface area contributed by atoms with E-state index in [-0.39, 0.29) is 13.0 Å². The highest BCUT2D eigenvalue weighted by molar-refractivity contribution is 6.35. The zero-order valence-corrected chi connectivity index (χ0v) is 11.4. The molecule has 0 fully saturated rings. The topological polar surface area (TPSA) is 82.3 Å². The number of esters is 1. The number of pyridine rings is 1. The van der Waals surface area contributed by atoms with Crippen LogP contribution in [0.3, 0.4) is 0 Å². The lowest BCUT2D eigenvalue weighted by Crippen LogP contribution is -2.38. The van der Waals surface area contributed by atoms with Crippen LogP contribution >= 0.6 is 0 Å². The molecule has 2 rings (SSSR count). The molecule has 2 N–H and O–H groups in total. The van der Waals surface area contributed by atoms with E-state index >= 15 is 0 Å². The molecule has 0 aliphatic heterocycles. The molecule has 1 heterocycles. The summed E-state index contributed by atoms with van der Waals surface area (Å²) in [6, 6.07) is 11.8. The Morgan fingerprint density at radius 2 is 1.81 bits per heavy atom. The number of nitrogens with two attached hydrogens (primary N) is 1. The number of ether oxygens (including phenoxy) is 1. The third kappa shape index (κ3) is 4.50. The van der Waals surface area contributed by atoms with Gasteiger partial charge in [-0.2, -0.15) is 0 Å². The van der Waals surface area contributed by atoms with Crippen molar-refractivity contribution in [3.8, 4) is 0 Å². The Bertz CT molecular complexity index is 599. The number of Topliss-reactive ketones (excluding diaryl/α,β-unsaturated/α-hetero) is 1. The Kier molecular flexibility index (Phi) is 5.17. The molecule has 108 valence electrons. The minimum Gasteiger partial charge on any atom is -0.455 e. The molecule has 0 saturated carbocycles. The van der Waals surface area contributed by atoms with Gasteiger partial charge in [-0.3, -0.25) is 9.78 Å². The number of aromatic nitrogens is 1. The molecule has 0 unspecified atom stereocenters. The average Bonchev–Trinajstić information content (AvgIpc) is 2.53. The molecule has 2 aromatic rings. The molecule has 0 amide bonds. The predicted molar refractivity (Wildman–Crippen MR) is 77.2 cm³/mol. The van der Waals surface area contributed by atoms with Crippen LogP contribution in [-0.2, 0) is 27.4 Å². The summed E-state index contributed by atoms with van der Waals surface area (Å²) in [4.78, 5) is 27.5. The first-order valence-corrected chi connectivity index (χ1v) is 6.56. The Morgan fingerprint density at radius 3 is 2.48 bits per heavy atom. The highest BCUT2D eigenvalue weighted by Gasteiger charge is 2.23. The number of hydrogen-bond acceptors (Lipinski definition) is 5. The maximum atomic E-state index is 11.8. The third-order valence-corrected chi connectivity index (χ3v) is 2.93. The Balaban J connectivity index is 1.85. The number of rotatable bonds is 6. The lowest BCUT2D eigenvalue weighted by Gasteiger charge is -2.10. The van der Waals surface area contributed by atoms with E-state index in [1.807, 2.05) is 30.3 Å². The quantitative estimate of drug-likeness (QED) is 0.638. The predicted octanol–water partition coefficient (Wildman–Crippen LogP) is 1.26. The number of hydrogen-bond donors (Lipinski definition) is 1. The number of carbonyl (C=O) groups excluding carboxylic acids is 2. The maximum absolute atomic E-state index is 11.8. The number of carbonyl (C=O) groups is 2. The molecule has 5 heteroatoms. The SMILES string of the molecule is N[C@@H](Cc1cccnc1)C(=O)C(=O)OCc1ccccc1. The summed E-state index contributed by atoms with van der Waals surface area (Å²) in [6.07, 6.45) is 3.50. The largest absolute Gasteiger partial charge is 0.455 e. The molecule has 0 aliphatic rings. The number of nitrogens with zero attached hydrogens (tertiary/aromatic N) is 1. The third-order valence-electron chi connectivity index (χ3n) is 2.93. The molecule has 0 bridgehead atoms. The van der Waals surface area contributed by atoms with Crippen LogP contribution in [0.5, 0.6) is 0 Å². The van der Waals surface area contributed by atoms with Gasteiger partial charge in [-0.25, -0.2) is 4.79 Å². The van der Waals surface area contributed by atoms with Crippen LogP contribution in [0.4, 0.5) is 0 Å². The Labute approximate surface area is 122 Å². The molecular formula is C16H16N2O3. The van der Waals surface area contributed by atoms with E-state index in [0.717, 1.165) is 11.1 Å². The van der Waals surface area contributed by atoms with Crippen molar-refractivity contribution in [2.45, 2.75) is 19.1 Å². The first-order valence-electron chi connectivity index (χ1n) is 6.56. The molecule has 0 spiro atoms. The van der Waals surface area contributed by atoms with Gasteiger partial charge in [0.2, 0.25) is 0 Å². The molecule has 21 heavy (non-hydrogen) atoms. The smallest absolute Gasteiger partial charge is 0.376 e. The second kappa shape index (κ2) is 7.31. The van der Waals surface area contributed by atoms with Gasteiger partial charge in [0.05, 0.1) is 6.04 Å². The summed E-state index contributed by atoms with van der Waals surface area (Å²) in [5, 5.41) is 0. The molecule has 1 atom stereocenters. The fourth-order valence-corrected chi connectivity index (χ4v) is 1.81. The van der Waals surface area contributed by atoms with Gasteiger partial charge in [0.1, 0.15) is 6.61 Å². The molecule has 0 aliphatic carbocycles. The first-order chi connectivity index (χ1) is 10.2. The molecule has 5 nitrogen and oxygen atoms in total. The first kappa shape index (κ1) is 14.9. The van der Waals surface area contributed by atoms with Crippen LogP contribution in [0.15, 0.2) is 54.9 Å². The fraction of sp³-hybridized carbons (Fsp3) is 0.188. The van der Waals surface area contributed by atoms with Crippen LogP contribution in [0.25, 0.3) is 0 Å². The van der Waals surface area contributed by atoms with Crippen molar-refractivity contribution in [1.82, 2.24) is 4.98 Å². The van der Waals surface area contributed by atoms with Crippen molar-refractivity contribution in [3.63, 3.8) is 0 Å². The minimum absolute atomic E-state index is 0.0605. The standard InChI is InChI=1S/C16H16N2O3/c17-14(9-13-7-4-8-18-10-13)15(19)16(20)21-11-12-5-2-1-3-6-12/h1-8,10,14H,9,11,17H2/t14-/m0/s1. The van der Waals surface area contributed by atoms with E-state index in [0.29, 0.717) is 0 Å². The fourth-order valence-electron chi connectivity index (χ4n) is 1.81. The summed E-state index contributed by atoms with van der Waals surface area (Å²) in [6.45, 7) is 0.0605. The van der Waals surface area contributed by atoms with E-state index in [4.69, 9.17) is 10.5 Å². The van der Waals surface area contributed by atoms with E-state index in [1.165, 1.54) is 0 Å². The maximum Gasteiger partial charge on any atom is 0.376 e. The van der Waals surface area contributed by atoms with E-state index in [2.05, 4.69) is 4.98 Å². The van der Waals surface area contributed by atoms with E-state index < -0.39 is 17.8 Å². The zero-order valence-electron chi connectivity index (χ0n) is 11.4. The molecule has 0 radical (unpaired) electrons. The highest BCUT2D eigenvalue weighted by Crippen LogP contribution is 2.04. The second-order valence-electron chi connectivity index (χ2n) is 4.60. The van der Waals surface area contributed by atoms with Gasteiger partial charge >= 0.3 is 5.97 Å². The summed E-state index contributed by atoms with van der Waals surface area (Å²) in [7, 11) is 0. The van der Waals surface area contributed by atoms with Gasteiger partial charge in [-0.05, 0) is 23.6 Å². The lowest BCUT2D eigenvalue weighted by atomic mass is 10.1. The van der Waals surface area contributed by atoms with E-state index in [1.54, 1.807) is 24.5 Å².